The molecule has 2 aliphatic heterocycles. The number of fused-ring (bicyclic) bond motifs is 3. The van der Waals surface area contributed by atoms with Gasteiger partial charge in [-0.25, -0.2) is 23.0 Å². The van der Waals surface area contributed by atoms with E-state index in [4.69, 9.17) is 0 Å². The highest BCUT2D eigenvalue weighted by Gasteiger charge is 2.33. The molecule has 11 nitrogen and oxygen atoms in total. The van der Waals surface area contributed by atoms with Crippen LogP contribution in [0.3, 0.4) is 0 Å². The van der Waals surface area contributed by atoms with Crippen LogP contribution in [-0.4, -0.2) is 72.0 Å². The lowest BCUT2D eigenvalue weighted by Crippen LogP contribution is -2.45. The van der Waals surface area contributed by atoms with Crippen molar-refractivity contribution in [2.24, 2.45) is 0 Å². The molecular formula is C31H30N6O5S. The van der Waals surface area contributed by atoms with Gasteiger partial charge >= 0.3 is 12.0 Å². The molecule has 2 N–H and O–H groups in total. The smallest absolute Gasteiger partial charge is 0.335 e. The number of carbonyl (C=O) groups excluding carboxylic acids is 1. The lowest BCUT2D eigenvalue weighted by atomic mass is 10.00. The number of benzene rings is 2. The maximum absolute atomic E-state index is 13.3. The number of hydrogen-bond acceptors (Lipinski definition) is 7. The van der Waals surface area contributed by atoms with Crippen molar-refractivity contribution >= 4 is 44.2 Å². The van der Waals surface area contributed by atoms with Crippen molar-refractivity contribution < 1.29 is 23.1 Å². The van der Waals surface area contributed by atoms with Crippen LogP contribution in [0.2, 0.25) is 0 Å². The largest absolute Gasteiger partial charge is 0.478 e. The number of pyridine rings is 1. The molecule has 6 rings (SSSR count). The molecule has 220 valence electrons. The average molecular weight is 599 g/mol. The average Bonchev–Trinajstić information content (AvgIpc) is 3.38. The molecule has 0 spiro atoms. The van der Waals surface area contributed by atoms with Gasteiger partial charge in [-0.05, 0) is 61.3 Å². The van der Waals surface area contributed by atoms with Crippen LogP contribution in [0.4, 0.5) is 16.2 Å². The van der Waals surface area contributed by atoms with E-state index in [0.717, 1.165) is 29.8 Å². The van der Waals surface area contributed by atoms with Crippen LogP contribution in [0.15, 0.2) is 54.7 Å². The summed E-state index contributed by atoms with van der Waals surface area (Å²) in [6, 6.07) is 16.1. The summed E-state index contributed by atoms with van der Waals surface area (Å²) in [5.41, 5.74) is 5.55. The maximum Gasteiger partial charge on any atom is 0.335 e. The van der Waals surface area contributed by atoms with E-state index < -0.39 is 15.8 Å². The summed E-state index contributed by atoms with van der Waals surface area (Å²) in [4.78, 5) is 37.7. The van der Waals surface area contributed by atoms with Crippen LogP contribution >= 0.6 is 0 Å². The monoisotopic (exact) mass is 598 g/mol. The summed E-state index contributed by atoms with van der Waals surface area (Å²) in [5.74, 6) is -1.05. The first kappa shape index (κ1) is 28.4. The highest BCUT2D eigenvalue weighted by molar-refractivity contribution is 7.91. The van der Waals surface area contributed by atoms with Crippen LogP contribution in [0.1, 0.15) is 39.9 Å². The number of aromatic carboxylic acids is 1. The number of nitriles is 1. The number of aromatic amines is 1. The third kappa shape index (κ3) is 5.22. The Bertz CT molecular complexity index is 1890. The highest BCUT2D eigenvalue weighted by atomic mass is 32.2. The second-order valence-electron chi connectivity index (χ2n) is 11.1. The predicted octanol–water partition coefficient (Wildman–Crippen LogP) is 4.39. The SMILES string of the molecule is CN1C(=O)N(c2ccc(C(=O)O)cc2)Cc2c1cnc1[nH]c(-c3ccc(CN4CCC(S(C)(=O)=O)CC4)cc3)c(C#N)c21. The van der Waals surface area contributed by atoms with E-state index in [0.29, 0.717) is 53.1 Å². The Kier molecular flexibility index (Phi) is 7.15. The number of carboxylic acids is 1. The number of amides is 2. The van der Waals surface area contributed by atoms with Crippen molar-refractivity contribution in [1.29, 1.82) is 5.26 Å². The number of hydrogen-bond donors (Lipinski definition) is 2. The number of sulfone groups is 1. The molecule has 2 aromatic heterocycles. The van der Waals surface area contributed by atoms with E-state index >= 15 is 0 Å². The van der Waals surface area contributed by atoms with Gasteiger partial charge in [-0.2, -0.15) is 5.26 Å². The quantitative estimate of drug-likeness (QED) is 0.332. The summed E-state index contributed by atoms with van der Waals surface area (Å²) < 4.78 is 23.8. The van der Waals surface area contributed by atoms with Crippen molar-refractivity contribution in [2.45, 2.75) is 31.2 Å². The minimum atomic E-state index is -3.01. The number of aromatic nitrogens is 2. The normalized spacial score (nSPS) is 16.3. The first-order valence-electron chi connectivity index (χ1n) is 13.9. The van der Waals surface area contributed by atoms with Crippen molar-refractivity contribution in [3.05, 3.63) is 77.0 Å². The van der Waals surface area contributed by atoms with Gasteiger partial charge in [0.1, 0.15) is 21.6 Å². The number of urea groups is 1. The Morgan fingerprint density at radius 2 is 1.79 bits per heavy atom. The Hall–Kier alpha value is -4.73. The van der Waals surface area contributed by atoms with Crippen molar-refractivity contribution in [3.8, 4) is 17.3 Å². The number of piperidine rings is 1. The molecule has 0 saturated carbocycles. The van der Waals surface area contributed by atoms with Gasteiger partial charge in [0.2, 0.25) is 0 Å². The zero-order valence-corrected chi connectivity index (χ0v) is 24.6. The molecule has 2 amide bonds. The number of carboxylic acid groups (broad SMARTS) is 1. The summed E-state index contributed by atoms with van der Waals surface area (Å²) in [6.45, 7) is 2.36. The predicted molar refractivity (Wildman–Crippen MR) is 163 cm³/mol. The Morgan fingerprint density at radius 3 is 2.40 bits per heavy atom. The number of likely N-dealkylation sites (tertiary alicyclic amines) is 1. The second kappa shape index (κ2) is 10.8. The molecule has 1 saturated heterocycles. The minimum Gasteiger partial charge on any atom is -0.478 e. The van der Waals surface area contributed by atoms with Crippen LogP contribution < -0.4 is 9.80 Å². The molecule has 4 heterocycles. The molecule has 2 aliphatic rings. The fourth-order valence-electron chi connectivity index (χ4n) is 6.01. The third-order valence-electron chi connectivity index (χ3n) is 8.43. The molecule has 0 bridgehead atoms. The van der Waals surface area contributed by atoms with Crippen molar-refractivity contribution in [2.75, 3.05) is 36.2 Å². The van der Waals surface area contributed by atoms with Gasteiger partial charge in [-0.3, -0.25) is 14.7 Å². The first-order chi connectivity index (χ1) is 20.5. The molecule has 43 heavy (non-hydrogen) atoms. The van der Waals surface area contributed by atoms with Crippen molar-refractivity contribution in [3.63, 3.8) is 0 Å². The molecule has 2 aromatic carbocycles. The summed E-state index contributed by atoms with van der Waals surface area (Å²) >= 11 is 0. The first-order valence-corrected chi connectivity index (χ1v) is 15.8. The fourth-order valence-corrected chi connectivity index (χ4v) is 7.08. The molecule has 12 heteroatoms. The number of carbonyl (C=O) groups is 2. The highest BCUT2D eigenvalue weighted by Crippen LogP contribution is 2.39. The van der Waals surface area contributed by atoms with E-state index in [1.807, 2.05) is 24.3 Å². The zero-order chi connectivity index (χ0) is 30.5. The number of nitrogens with zero attached hydrogens (tertiary/aromatic N) is 5. The van der Waals surface area contributed by atoms with Gasteiger partial charge in [0.15, 0.2) is 0 Å². The van der Waals surface area contributed by atoms with Gasteiger partial charge in [-0.1, -0.05) is 24.3 Å². The number of H-pyrrole nitrogens is 1. The Balaban J connectivity index is 1.29. The standard InChI is InChI=1S/C31H30N6O5S/c1-35-26-16-33-29-27(25(26)18-37(31(35)40)22-9-7-21(8-10-22)30(38)39)24(15-32)28(34-29)20-5-3-19(4-6-20)17-36-13-11-23(12-14-36)43(2,41)42/h3-10,16,23H,11-14,17-18H2,1-2H3,(H,33,34)(H,38,39). The summed E-state index contributed by atoms with van der Waals surface area (Å²) in [7, 11) is -1.37. The lowest BCUT2D eigenvalue weighted by Gasteiger charge is -2.35. The lowest BCUT2D eigenvalue weighted by molar-refractivity contribution is 0.0697. The molecular weight excluding hydrogens is 568 g/mol. The van der Waals surface area contributed by atoms with Crippen LogP contribution in [0.25, 0.3) is 22.3 Å². The van der Waals surface area contributed by atoms with Crippen LogP contribution in [-0.2, 0) is 22.9 Å². The van der Waals surface area contributed by atoms with Crippen LogP contribution in [0, 0.1) is 11.3 Å². The maximum atomic E-state index is 13.3. The van der Waals surface area contributed by atoms with E-state index in [-0.39, 0.29) is 23.4 Å². The second-order valence-corrected chi connectivity index (χ2v) is 13.4. The molecule has 0 unspecified atom stereocenters. The van der Waals surface area contributed by atoms with Gasteiger partial charge in [0.25, 0.3) is 0 Å². The number of rotatable bonds is 6. The van der Waals surface area contributed by atoms with Crippen LogP contribution in [0.5, 0.6) is 0 Å². The molecule has 0 atom stereocenters. The molecule has 0 radical (unpaired) electrons. The molecule has 0 aliphatic carbocycles. The summed E-state index contributed by atoms with van der Waals surface area (Å²) in [6.07, 6.45) is 4.21. The summed E-state index contributed by atoms with van der Waals surface area (Å²) in [5, 5.41) is 19.9. The fraction of sp³-hybridized carbons (Fsp3) is 0.290. The van der Waals surface area contributed by atoms with E-state index in [1.165, 1.54) is 23.3 Å². The zero-order valence-electron chi connectivity index (χ0n) is 23.7. The van der Waals surface area contributed by atoms with Gasteiger partial charge in [-0.15, -0.1) is 0 Å². The number of nitrogens with one attached hydrogen (secondary N) is 1. The van der Waals surface area contributed by atoms with Gasteiger partial charge in [0.05, 0.1) is 40.5 Å². The van der Waals surface area contributed by atoms with E-state index in [1.54, 1.807) is 30.3 Å². The van der Waals surface area contributed by atoms with E-state index in [9.17, 15) is 28.4 Å². The third-order valence-corrected chi connectivity index (χ3v) is 10.1. The minimum absolute atomic E-state index is 0.123. The number of anilines is 2. The van der Waals surface area contributed by atoms with Gasteiger partial charge in [0, 0.05) is 36.5 Å². The van der Waals surface area contributed by atoms with Crippen molar-refractivity contribution in [1.82, 2.24) is 14.9 Å². The Labute approximate surface area is 248 Å². The van der Waals surface area contributed by atoms with E-state index in [2.05, 4.69) is 20.9 Å². The Morgan fingerprint density at radius 1 is 1.12 bits per heavy atom. The molecule has 1 fully saturated rings. The topological polar surface area (TPSA) is 151 Å². The molecule has 4 aromatic rings. The van der Waals surface area contributed by atoms with Gasteiger partial charge < -0.3 is 10.1 Å².